The minimum Gasteiger partial charge on any atom is -0.351 e. The highest BCUT2D eigenvalue weighted by molar-refractivity contribution is 5.93. The van der Waals surface area contributed by atoms with Crippen LogP contribution in [0.25, 0.3) is 11.3 Å². The van der Waals surface area contributed by atoms with Crippen molar-refractivity contribution in [1.29, 1.82) is 0 Å². The minimum atomic E-state index is 0.0728. The maximum absolute atomic E-state index is 13.2. The molecule has 1 N–H and O–H groups in total. The second-order valence-corrected chi connectivity index (χ2v) is 7.91. The maximum atomic E-state index is 13.2. The van der Waals surface area contributed by atoms with E-state index in [1.54, 1.807) is 0 Å². The number of hydrogen-bond donors (Lipinski definition) is 1. The van der Waals surface area contributed by atoms with Crippen LogP contribution in [0.4, 0.5) is 0 Å². The normalized spacial score (nSPS) is 19.4. The van der Waals surface area contributed by atoms with Crippen molar-refractivity contribution in [2.75, 3.05) is 27.2 Å². The van der Waals surface area contributed by atoms with Crippen LogP contribution in [0.1, 0.15) is 27.5 Å². The average Bonchev–Trinajstić information content (AvgIpc) is 3.37. The quantitative estimate of drug-likeness (QED) is 0.746. The van der Waals surface area contributed by atoms with Crippen molar-refractivity contribution in [1.82, 2.24) is 14.8 Å². The van der Waals surface area contributed by atoms with Crippen molar-refractivity contribution in [3.63, 3.8) is 0 Å². The molecule has 1 aromatic heterocycles. The van der Waals surface area contributed by atoms with E-state index in [0.717, 1.165) is 24.3 Å². The SMILES string of the molecule is Cc1ccc([C@@H]2CN(C(=O)c3ccc(-c4ccccc4)[nH]3)C[C@H]2N(C)C)cc1. The molecule has 1 fully saturated rings. The van der Waals surface area contributed by atoms with Crippen LogP contribution in [0.2, 0.25) is 0 Å². The summed E-state index contributed by atoms with van der Waals surface area (Å²) in [6.07, 6.45) is 0. The molecule has 1 saturated heterocycles. The van der Waals surface area contributed by atoms with Gasteiger partial charge in [-0.3, -0.25) is 4.79 Å². The van der Waals surface area contributed by atoms with E-state index in [4.69, 9.17) is 0 Å². The number of aromatic amines is 1. The van der Waals surface area contributed by atoms with Gasteiger partial charge >= 0.3 is 0 Å². The van der Waals surface area contributed by atoms with E-state index in [1.807, 2.05) is 47.4 Å². The Balaban J connectivity index is 1.55. The number of carbonyl (C=O) groups is 1. The number of carbonyl (C=O) groups excluding carboxylic acids is 1. The van der Waals surface area contributed by atoms with Crippen molar-refractivity contribution < 1.29 is 4.79 Å². The summed E-state index contributed by atoms with van der Waals surface area (Å²) >= 11 is 0. The lowest BCUT2D eigenvalue weighted by molar-refractivity contribution is 0.0777. The number of benzene rings is 2. The zero-order valence-electron chi connectivity index (χ0n) is 16.7. The number of aryl methyl sites for hydroxylation is 1. The van der Waals surface area contributed by atoms with Gasteiger partial charge in [0.15, 0.2) is 0 Å². The summed E-state index contributed by atoms with van der Waals surface area (Å²) in [4.78, 5) is 20.7. The molecule has 4 heteroatoms. The Morgan fingerprint density at radius 2 is 1.68 bits per heavy atom. The van der Waals surface area contributed by atoms with Gasteiger partial charge in [-0.2, -0.15) is 0 Å². The average molecular weight is 374 g/mol. The highest BCUT2D eigenvalue weighted by Crippen LogP contribution is 2.31. The van der Waals surface area contributed by atoms with Gasteiger partial charge in [-0.1, -0.05) is 60.2 Å². The number of rotatable bonds is 4. The molecule has 1 amide bonds. The van der Waals surface area contributed by atoms with Crippen molar-refractivity contribution in [2.45, 2.75) is 18.9 Å². The molecule has 2 heterocycles. The molecule has 4 nitrogen and oxygen atoms in total. The van der Waals surface area contributed by atoms with Crippen LogP contribution in [0.3, 0.4) is 0 Å². The van der Waals surface area contributed by atoms with Crippen LogP contribution >= 0.6 is 0 Å². The Morgan fingerprint density at radius 1 is 0.964 bits per heavy atom. The summed E-state index contributed by atoms with van der Waals surface area (Å²) in [5.41, 5.74) is 5.28. The molecule has 144 valence electrons. The van der Waals surface area contributed by atoms with Gasteiger partial charge < -0.3 is 14.8 Å². The predicted octanol–water partition coefficient (Wildman–Crippen LogP) is 4.16. The lowest BCUT2D eigenvalue weighted by Gasteiger charge is -2.25. The number of aromatic nitrogens is 1. The molecule has 1 aliphatic heterocycles. The lowest BCUT2D eigenvalue weighted by atomic mass is 9.93. The number of hydrogen-bond acceptors (Lipinski definition) is 2. The molecule has 0 saturated carbocycles. The van der Waals surface area contributed by atoms with Gasteiger partial charge in [0.25, 0.3) is 5.91 Å². The molecule has 0 unspecified atom stereocenters. The highest BCUT2D eigenvalue weighted by Gasteiger charge is 2.37. The molecule has 2 aromatic carbocycles. The van der Waals surface area contributed by atoms with Gasteiger partial charge in [-0.25, -0.2) is 0 Å². The Kier molecular flexibility index (Phi) is 5.05. The molecule has 0 aliphatic carbocycles. The smallest absolute Gasteiger partial charge is 0.270 e. The summed E-state index contributed by atoms with van der Waals surface area (Å²) in [5.74, 6) is 0.395. The van der Waals surface area contributed by atoms with E-state index < -0.39 is 0 Å². The van der Waals surface area contributed by atoms with E-state index in [2.05, 4.69) is 55.2 Å². The van der Waals surface area contributed by atoms with Crippen molar-refractivity contribution in [3.05, 3.63) is 83.6 Å². The van der Waals surface area contributed by atoms with Crippen LogP contribution in [0.15, 0.2) is 66.7 Å². The van der Waals surface area contributed by atoms with Gasteiger partial charge in [0.2, 0.25) is 0 Å². The molecule has 0 radical (unpaired) electrons. The fourth-order valence-corrected chi connectivity index (χ4v) is 4.09. The largest absolute Gasteiger partial charge is 0.351 e. The predicted molar refractivity (Wildman–Crippen MR) is 114 cm³/mol. The van der Waals surface area contributed by atoms with Crippen LogP contribution in [0.5, 0.6) is 0 Å². The maximum Gasteiger partial charge on any atom is 0.270 e. The summed E-state index contributed by atoms with van der Waals surface area (Å²) in [5, 5.41) is 0. The summed E-state index contributed by atoms with van der Waals surface area (Å²) in [6.45, 7) is 3.59. The molecule has 4 rings (SSSR count). The van der Waals surface area contributed by atoms with Crippen molar-refractivity contribution >= 4 is 5.91 Å². The zero-order valence-corrected chi connectivity index (χ0v) is 16.7. The van der Waals surface area contributed by atoms with Crippen LogP contribution in [-0.4, -0.2) is 53.9 Å². The lowest BCUT2D eigenvalue weighted by Crippen LogP contribution is -2.35. The van der Waals surface area contributed by atoms with E-state index in [0.29, 0.717) is 17.7 Å². The molecule has 1 aliphatic rings. The monoisotopic (exact) mass is 373 g/mol. The molecule has 0 bridgehead atoms. The highest BCUT2D eigenvalue weighted by atomic mass is 16.2. The first kappa shape index (κ1) is 18.5. The van der Waals surface area contributed by atoms with Crippen molar-refractivity contribution in [3.8, 4) is 11.3 Å². The van der Waals surface area contributed by atoms with Gasteiger partial charge in [0.05, 0.1) is 0 Å². The van der Waals surface area contributed by atoms with E-state index in [1.165, 1.54) is 11.1 Å². The van der Waals surface area contributed by atoms with Crippen molar-refractivity contribution in [2.24, 2.45) is 0 Å². The third-order valence-electron chi connectivity index (χ3n) is 5.75. The second-order valence-electron chi connectivity index (χ2n) is 7.91. The van der Waals surface area contributed by atoms with E-state index >= 15 is 0 Å². The Labute approximate surface area is 166 Å². The first-order chi connectivity index (χ1) is 13.5. The topological polar surface area (TPSA) is 39.3 Å². The van der Waals surface area contributed by atoms with E-state index in [-0.39, 0.29) is 5.91 Å². The Hall–Kier alpha value is -2.85. The summed E-state index contributed by atoms with van der Waals surface area (Å²) < 4.78 is 0. The van der Waals surface area contributed by atoms with E-state index in [9.17, 15) is 4.79 Å². The van der Waals surface area contributed by atoms with Gasteiger partial charge in [0, 0.05) is 30.7 Å². The molecular formula is C24H27N3O. The number of nitrogens with zero attached hydrogens (tertiary/aromatic N) is 2. The van der Waals surface area contributed by atoms with Gasteiger partial charge in [-0.15, -0.1) is 0 Å². The summed E-state index contributed by atoms with van der Waals surface area (Å²) in [7, 11) is 4.20. The molecular weight excluding hydrogens is 346 g/mol. The van der Waals surface area contributed by atoms with Crippen LogP contribution < -0.4 is 0 Å². The standard InChI is InChI=1S/C24H27N3O/c1-17-9-11-18(12-10-17)20-15-27(16-23(20)26(2)3)24(28)22-14-13-21(25-22)19-7-5-4-6-8-19/h4-14,20,23,25H,15-16H2,1-3H3/t20-,23+/m0/s1. The zero-order chi connectivity index (χ0) is 19.7. The number of nitrogens with one attached hydrogen (secondary N) is 1. The fourth-order valence-electron chi connectivity index (χ4n) is 4.09. The van der Waals surface area contributed by atoms with Gasteiger partial charge in [0.1, 0.15) is 5.69 Å². The second kappa shape index (κ2) is 7.64. The number of likely N-dealkylation sites (tertiary alicyclic amines) is 1. The molecule has 3 aromatic rings. The minimum absolute atomic E-state index is 0.0728. The first-order valence-corrected chi connectivity index (χ1v) is 9.79. The fraction of sp³-hybridized carbons (Fsp3) is 0.292. The van der Waals surface area contributed by atoms with Gasteiger partial charge in [-0.05, 0) is 44.3 Å². The van der Waals surface area contributed by atoms with Crippen LogP contribution in [0, 0.1) is 6.92 Å². The molecule has 28 heavy (non-hydrogen) atoms. The third-order valence-corrected chi connectivity index (χ3v) is 5.75. The molecule has 2 atom stereocenters. The first-order valence-electron chi connectivity index (χ1n) is 9.79. The Morgan fingerprint density at radius 3 is 2.36 bits per heavy atom. The molecule has 0 spiro atoms. The third kappa shape index (κ3) is 3.60. The number of likely N-dealkylation sites (N-methyl/N-ethyl adjacent to an activating group) is 1. The summed E-state index contributed by atoms with van der Waals surface area (Å²) in [6, 6.07) is 23.0. The Bertz CT molecular complexity index is 943. The van der Waals surface area contributed by atoms with Crippen LogP contribution in [-0.2, 0) is 0 Å². The number of H-pyrrole nitrogens is 1. The number of amides is 1.